The highest BCUT2D eigenvalue weighted by Crippen LogP contribution is 2.26. The van der Waals surface area contributed by atoms with Gasteiger partial charge in [0.2, 0.25) is 10.0 Å². The molecular formula is C12H17NO3S. The van der Waals surface area contributed by atoms with E-state index in [4.69, 9.17) is 5.11 Å². The lowest BCUT2D eigenvalue weighted by Crippen LogP contribution is -2.25. The minimum absolute atomic E-state index is 0.0321. The van der Waals surface area contributed by atoms with Crippen molar-refractivity contribution in [1.82, 2.24) is 0 Å². The molecule has 2 N–H and O–H groups in total. The quantitative estimate of drug-likeness (QED) is 0.863. The predicted octanol–water partition coefficient (Wildman–Crippen LogP) is 1.86. The summed E-state index contributed by atoms with van der Waals surface area (Å²) in [5.74, 6) is 0. The number of sulfonamides is 1. The third-order valence-corrected chi connectivity index (χ3v) is 5.01. The maximum atomic E-state index is 12.0. The van der Waals surface area contributed by atoms with E-state index in [0.717, 1.165) is 31.2 Å². The van der Waals surface area contributed by atoms with Gasteiger partial charge < -0.3 is 5.11 Å². The number of rotatable bonds is 4. The molecule has 0 unspecified atom stereocenters. The Morgan fingerprint density at radius 1 is 1.18 bits per heavy atom. The van der Waals surface area contributed by atoms with Crippen molar-refractivity contribution in [3.63, 3.8) is 0 Å². The molecule has 0 heterocycles. The fourth-order valence-corrected chi connectivity index (χ4v) is 3.71. The number of aliphatic hydroxyl groups is 1. The first kappa shape index (κ1) is 12.4. The van der Waals surface area contributed by atoms with E-state index in [-0.39, 0.29) is 11.9 Å². The molecule has 17 heavy (non-hydrogen) atoms. The summed E-state index contributed by atoms with van der Waals surface area (Å²) in [7, 11) is -3.25. The first-order valence-electron chi connectivity index (χ1n) is 5.83. The van der Waals surface area contributed by atoms with E-state index in [1.165, 1.54) is 0 Å². The van der Waals surface area contributed by atoms with Crippen LogP contribution in [0.5, 0.6) is 0 Å². The van der Waals surface area contributed by atoms with Crippen molar-refractivity contribution in [3.8, 4) is 0 Å². The van der Waals surface area contributed by atoms with E-state index in [2.05, 4.69) is 4.72 Å². The van der Waals surface area contributed by atoms with Gasteiger partial charge in [0.15, 0.2) is 0 Å². The zero-order valence-electron chi connectivity index (χ0n) is 9.59. The Balaban J connectivity index is 2.08. The molecule has 94 valence electrons. The van der Waals surface area contributed by atoms with Crippen LogP contribution in [0.1, 0.15) is 31.2 Å². The Hall–Kier alpha value is -1.07. The van der Waals surface area contributed by atoms with E-state index in [0.29, 0.717) is 5.69 Å². The van der Waals surface area contributed by atoms with Crippen LogP contribution < -0.4 is 4.72 Å². The Kier molecular flexibility index (Phi) is 3.69. The van der Waals surface area contributed by atoms with Gasteiger partial charge in [-0.25, -0.2) is 8.42 Å². The van der Waals surface area contributed by atoms with E-state index in [9.17, 15) is 8.42 Å². The second-order valence-electron chi connectivity index (χ2n) is 4.41. The molecule has 0 bridgehead atoms. The highest BCUT2D eigenvalue weighted by molar-refractivity contribution is 7.93. The maximum Gasteiger partial charge on any atom is 0.235 e. The molecule has 0 atom stereocenters. The van der Waals surface area contributed by atoms with Gasteiger partial charge in [0.25, 0.3) is 0 Å². The van der Waals surface area contributed by atoms with Crippen molar-refractivity contribution in [3.05, 3.63) is 29.8 Å². The fraction of sp³-hybridized carbons (Fsp3) is 0.500. The normalized spacial score (nSPS) is 17.2. The SMILES string of the molecule is O=S(=O)(Nc1ccc(CO)cc1)C1CCCC1. The summed E-state index contributed by atoms with van der Waals surface area (Å²) >= 11 is 0. The molecule has 2 rings (SSSR count). The number of hydrogen-bond acceptors (Lipinski definition) is 3. The third kappa shape index (κ3) is 2.98. The van der Waals surface area contributed by atoms with Crippen LogP contribution in [-0.4, -0.2) is 18.8 Å². The summed E-state index contributed by atoms with van der Waals surface area (Å²) < 4.78 is 26.6. The molecule has 5 heteroatoms. The smallest absolute Gasteiger partial charge is 0.235 e. The first-order chi connectivity index (χ1) is 8.12. The minimum atomic E-state index is -3.25. The van der Waals surface area contributed by atoms with Gasteiger partial charge in [-0.15, -0.1) is 0 Å². The molecule has 1 aliphatic carbocycles. The minimum Gasteiger partial charge on any atom is -0.392 e. The zero-order valence-corrected chi connectivity index (χ0v) is 10.4. The van der Waals surface area contributed by atoms with Crippen LogP contribution in [0.25, 0.3) is 0 Å². The van der Waals surface area contributed by atoms with Gasteiger partial charge in [-0.1, -0.05) is 25.0 Å². The molecule has 0 aromatic heterocycles. The lowest BCUT2D eigenvalue weighted by molar-refractivity contribution is 0.282. The number of aliphatic hydroxyl groups excluding tert-OH is 1. The van der Waals surface area contributed by atoms with Gasteiger partial charge in [-0.3, -0.25) is 4.72 Å². The first-order valence-corrected chi connectivity index (χ1v) is 7.38. The maximum absolute atomic E-state index is 12.0. The van der Waals surface area contributed by atoms with Crippen molar-refractivity contribution in [2.75, 3.05) is 4.72 Å². The second kappa shape index (κ2) is 5.06. The van der Waals surface area contributed by atoms with Crippen molar-refractivity contribution < 1.29 is 13.5 Å². The molecule has 1 aromatic carbocycles. The Morgan fingerprint density at radius 3 is 2.29 bits per heavy atom. The largest absolute Gasteiger partial charge is 0.392 e. The summed E-state index contributed by atoms with van der Waals surface area (Å²) in [5, 5.41) is 8.65. The summed E-state index contributed by atoms with van der Waals surface area (Å²) in [6, 6.07) is 6.79. The van der Waals surface area contributed by atoms with E-state index in [1.807, 2.05) is 0 Å². The van der Waals surface area contributed by atoms with Crippen LogP contribution >= 0.6 is 0 Å². The molecule has 4 nitrogen and oxygen atoms in total. The van der Waals surface area contributed by atoms with Crippen molar-refractivity contribution in [1.29, 1.82) is 0 Å². The van der Waals surface area contributed by atoms with Crippen LogP contribution in [0, 0.1) is 0 Å². The molecule has 0 radical (unpaired) electrons. The van der Waals surface area contributed by atoms with Gasteiger partial charge in [-0.05, 0) is 30.5 Å². The molecule has 0 spiro atoms. The average molecular weight is 255 g/mol. The lowest BCUT2D eigenvalue weighted by Gasteiger charge is -2.13. The van der Waals surface area contributed by atoms with Gasteiger partial charge in [-0.2, -0.15) is 0 Å². The molecule has 1 fully saturated rings. The van der Waals surface area contributed by atoms with Crippen LogP contribution in [-0.2, 0) is 16.6 Å². The number of benzene rings is 1. The zero-order chi connectivity index (χ0) is 12.3. The summed E-state index contributed by atoms with van der Waals surface area (Å²) in [5.41, 5.74) is 1.34. The highest BCUT2D eigenvalue weighted by atomic mass is 32.2. The molecule has 0 aliphatic heterocycles. The highest BCUT2D eigenvalue weighted by Gasteiger charge is 2.28. The van der Waals surface area contributed by atoms with E-state index in [1.54, 1.807) is 24.3 Å². The fourth-order valence-electron chi connectivity index (χ4n) is 2.12. The molecule has 0 saturated heterocycles. The van der Waals surface area contributed by atoms with E-state index < -0.39 is 10.0 Å². The summed E-state index contributed by atoms with van der Waals surface area (Å²) in [6.45, 7) is -0.0321. The van der Waals surface area contributed by atoms with Gasteiger partial charge in [0.05, 0.1) is 11.9 Å². The Morgan fingerprint density at radius 2 is 1.76 bits per heavy atom. The Bertz CT molecular complexity index is 461. The molecular weight excluding hydrogens is 238 g/mol. The van der Waals surface area contributed by atoms with E-state index >= 15 is 0 Å². The second-order valence-corrected chi connectivity index (χ2v) is 6.37. The summed E-state index contributed by atoms with van der Waals surface area (Å²) in [4.78, 5) is 0. The van der Waals surface area contributed by atoms with Crippen molar-refractivity contribution in [2.45, 2.75) is 37.5 Å². The van der Waals surface area contributed by atoms with Crippen LogP contribution in [0.2, 0.25) is 0 Å². The molecule has 0 amide bonds. The van der Waals surface area contributed by atoms with Crippen molar-refractivity contribution in [2.24, 2.45) is 0 Å². The monoisotopic (exact) mass is 255 g/mol. The lowest BCUT2D eigenvalue weighted by atomic mass is 10.2. The number of hydrogen-bond donors (Lipinski definition) is 2. The van der Waals surface area contributed by atoms with Gasteiger partial charge >= 0.3 is 0 Å². The standard InChI is InChI=1S/C12H17NO3S/c14-9-10-5-7-11(8-6-10)13-17(15,16)12-3-1-2-4-12/h5-8,12-14H,1-4,9H2. The Labute approximate surface area is 102 Å². The van der Waals surface area contributed by atoms with Gasteiger partial charge in [0, 0.05) is 5.69 Å². The molecule has 1 aromatic rings. The van der Waals surface area contributed by atoms with Gasteiger partial charge in [0.1, 0.15) is 0 Å². The molecule has 1 aliphatic rings. The topological polar surface area (TPSA) is 66.4 Å². The van der Waals surface area contributed by atoms with Crippen LogP contribution in [0.15, 0.2) is 24.3 Å². The van der Waals surface area contributed by atoms with Crippen LogP contribution in [0.4, 0.5) is 5.69 Å². The predicted molar refractivity (Wildman–Crippen MR) is 67.2 cm³/mol. The summed E-state index contributed by atoms with van der Waals surface area (Å²) in [6.07, 6.45) is 3.50. The average Bonchev–Trinajstić information content (AvgIpc) is 2.84. The number of nitrogens with one attached hydrogen (secondary N) is 1. The van der Waals surface area contributed by atoms with Crippen molar-refractivity contribution >= 4 is 15.7 Å². The third-order valence-electron chi connectivity index (χ3n) is 3.14. The number of anilines is 1. The van der Waals surface area contributed by atoms with Crippen LogP contribution in [0.3, 0.4) is 0 Å². The molecule has 1 saturated carbocycles.